The number of rotatable bonds is 5. The lowest BCUT2D eigenvalue weighted by molar-refractivity contribution is -0.138. The van der Waals surface area contributed by atoms with E-state index in [9.17, 15) is 4.79 Å². The van der Waals surface area contributed by atoms with E-state index in [2.05, 4.69) is 10.2 Å². The van der Waals surface area contributed by atoms with Gasteiger partial charge < -0.3 is 15.3 Å². The van der Waals surface area contributed by atoms with Gasteiger partial charge in [-0.05, 0) is 13.0 Å². The van der Waals surface area contributed by atoms with E-state index in [1.807, 2.05) is 4.90 Å². The summed E-state index contributed by atoms with van der Waals surface area (Å²) in [6.07, 6.45) is 1.24. The Morgan fingerprint density at radius 1 is 1.27 bits per heavy atom. The Kier molecular flexibility index (Phi) is 3.56. The van der Waals surface area contributed by atoms with Gasteiger partial charge in [0.15, 0.2) is 0 Å². The molecule has 0 radical (unpaired) electrons. The first-order valence-electron chi connectivity index (χ1n) is 5.64. The molecule has 2 rings (SSSR count). The first-order chi connectivity index (χ1) is 7.24. The van der Waals surface area contributed by atoms with Gasteiger partial charge in [0.2, 0.25) is 0 Å². The van der Waals surface area contributed by atoms with Gasteiger partial charge in [0, 0.05) is 38.8 Å². The van der Waals surface area contributed by atoms with Gasteiger partial charge in [0.05, 0.1) is 6.54 Å². The molecule has 2 N–H and O–H groups in total. The fourth-order valence-electron chi connectivity index (χ4n) is 1.99. The van der Waals surface area contributed by atoms with Crippen LogP contribution in [0, 0.1) is 0 Å². The maximum atomic E-state index is 10.5. The lowest BCUT2D eigenvalue weighted by Gasteiger charge is -2.33. The van der Waals surface area contributed by atoms with E-state index in [0.717, 1.165) is 38.8 Å². The van der Waals surface area contributed by atoms with Crippen LogP contribution < -0.4 is 5.32 Å². The summed E-state index contributed by atoms with van der Waals surface area (Å²) < 4.78 is 0. The summed E-state index contributed by atoms with van der Waals surface area (Å²) in [4.78, 5) is 14.9. The fraction of sp³-hybridized carbons (Fsp3) is 0.900. The second-order valence-corrected chi connectivity index (χ2v) is 4.41. The summed E-state index contributed by atoms with van der Waals surface area (Å²) in [5, 5.41) is 11.9. The Labute approximate surface area is 90.0 Å². The standard InChI is InChI=1S/C10H19N3O2/c14-10(15)8-13-5-3-12(4-6-13)2-1-9-7-11-9/h9,11H,1-8H2,(H,14,15). The van der Waals surface area contributed by atoms with Crippen molar-refractivity contribution in [1.82, 2.24) is 15.1 Å². The normalized spacial score (nSPS) is 27.9. The van der Waals surface area contributed by atoms with Crippen LogP contribution in [0.2, 0.25) is 0 Å². The van der Waals surface area contributed by atoms with Crippen molar-refractivity contribution in [3.63, 3.8) is 0 Å². The minimum atomic E-state index is -0.717. The average Bonchev–Trinajstić information content (AvgIpc) is 2.99. The van der Waals surface area contributed by atoms with E-state index >= 15 is 0 Å². The Bertz CT molecular complexity index is 223. The minimum absolute atomic E-state index is 0.192. The molecule has 2 aliphatic rings. The van der Waals surface area contributed by atoms with Gasteiger partial charge in [-0.25, -0.2) is 0 Å². The number of nitrogens with one attached hydrogen (secondary N) is 1. The highest BCUT2D eigenvalue weighted by Crippen LogP contribution is 2.07. The number of carboxylic acids is 1. The van der Waals surface area contributed by atoms with E-state index in [1.165, 1.54) is 13.0 Å². The highest BCUT2D eigenvalue weighted by molar-refractivity contribution is 5.69. The van der Waals surface area contributed by atoms with Crippen molar-refractivity contribution in [3.05, 3.63) is 0 Å². The van der Waals surface area contributed by atoms with Gasteiger partial charge in [0.1, 0.15) is 0 Å². The largest absolute Gasteiger partial charge is 0.480 e. The summed E-state index contributed by atoms with van der Waals surface area (Å²) in [6, 6.07) is 0.752. The zero-order valence-electron chi connectivity index (χ0n) is 8.98. The molecule has 0 bridgehead atoms. The second-order valence-electron chi connectivity index (χ2n) is 4.41. The van der Waals surface area contributed by atoms with E-state index in [-0.39, 0.29) is 6.54 Å². The van der Waals surface area contributed by atoms with Gasteiger partial charge in [-0.1, -0.05) is 0 Å². The van der Waals surface area contributed by atoms with Crippen LogP contribution in [0.25, 0.3) is 0 Å². The molecule has 0 aromatic heterocycles. The van der Waals surface area contributed by atoms with Crippen LogP contribution in [0.1, 0.15) is 6.42 Å². The number of aliphatic carboxylic acids is 1. The Morgan fingerprint density at radius 3 is 2.40 bits per heavy atom. The van der Waals surface area contributed by atoms with Gasteiger partial charge in [-0.2, -0.15) is 0 Å². The van der Waals surface area contributed by atoms with Crippen molar-refractivity contribution >= 4 is 5.97 Å². The highest BCUT2D eigenvalue weighted by atomic mass is 16.4. The van der Waals surface area contributed by atoms with Crippen molar-refractivity contribution in [3.8, 4) is 0 Å². The molecule has 0 amide bonds. The molecule has 5 heteroatoms. The zero-order valence-corrected chi connectivity index (χ0v) is 8.98. The fourth-order valence-corrected chi connectivity index (χ4v) is 1.99. The molecule has 0 aliphatic carbocycles. The molecule has 2 aliphatic heterocycles. The number of nitrogens with zero attached hydrogens (tertiary/aromatic N) is 2. The Morgan fingerprint density at radius 2 is 1.87 bits per heavy atom. The SMILES string of the molecule is O=C(O)CN1CCN(CCC2CN2)CC1. The molecule has 2 saturated heterocycles. The molecular weight excluding hydrogens is 194 g/mol. The predicted molar refractivity (Wildman–Crippen MR) is 56.9 cm³/mol. The summed E-state index contributed by atoms with van der Waals surface area (Å²) >= 11 is 0. The highest BCUT2D eigenvalue weighted by Gasteiger charge is 2.23. The van der Waals surface area contributed by atoms with Crippen LogP contribution in [0.15, 0.2) is 0 Å². The quantitative estimate of drug-likeness (QED) is 0.576. The third-order valence-electron chi connectivity index (χ3n) is 3.11. The lowest BCUT2D eigenvalue weighted by Crippen LogP contribution is -2.48. The molecule has 0 spiro atoms. The second kappa shape index (κ2) is 4.92. The van der Waals surface area contributed by atoms with Crippen molar-refractivity contribution in [1.29, 1.82) is 0 Å². The molecule has 0 aromatic carbocycles. The number of hydrogen-bond acceptors (Lipinski definition) is 4. The first-order valence-corrected chi connectivity index (χ1v) is 5.64. The molecule has 1 unspecified atom stereocenters. The number of hydrogen-bond donors (Lipinski definition) is 2. The molecule has 86 valence electrons. The lowest BCUT2D eigenvalue weighted by atomic mass is 10.2. The summed E-state index contributed by atoms with van der Waals surface area (Å²) in [6.45, 7) is 6.34. The van der Waals surface area contributed by atoms with E-state index in [0.29, 0.717) is 0 Å². The number of carboxylic acid groups (broad SMARTS) is 1. The first kappa shape index (κ1) is 10.9. The summed E-state index contributed by atoms with van der Waals surface area (Å²) in [7, 11) is 0. The van der Waals surface area contributed by atoms with Crippen LogP contribution in [0.3, 0.4) is 0 Å². The van der Waals surface area contributed by atoms with Gasteiger partial charge >= 0.3 is 5.97 Å². The van der Waals surface area contributed by atoms with Crippen molar-refractivity contribution in [2.24, 2.45) is 0 Å². The third kappa shape index (κ3) is 3.77. The van der Waals surface area contributed by atoms with E-state index in [4.69, 9.17) is 5.11 Å². The summed E-state index contributed by atoms with van der Waals surface area (Å²) in [5.74, 6) is -0.717. The predicted octanol–water partition coefficient (Wildman–Crippen LogP) is -0.949. The van der Waals surface area contributed by atoms with Crippen LogP contribution in [0.5, 0.6) is 0 Å². The molecule has 0 saturated carbocycles. The van der Waals surface area contributed by atoms with Crippen molar-refractivity contribution in [2.75, 3.05) is 45.8 Å². The van der Waals surface area contributed by atoms with Crippen molar-refractivity contribution < 1.29 is 9.90 Å². The topological polar surface area (TPSA) is 65.7 Å². The minimum Gasteiger partial charge on any atom is -0.480 e. The van der Waals surface area contributed by atoms with Crippen LogP contribution in [-0.2, 0) is 4.79 Å². The van der Waals surface area contributed by atoms with Gasteiger partial charge in [0.25, 0.3) is 0 Å². The molecule has 1 atom stereocenters. The Hall–Kier alpha value is -0.650. The number of carbonyl (C=O) groups is 1. The molecule has 5 nitrogen and oxygen atoms in total. The van der Waals surface area contributed by atoms with Crippen LogP contribution in [0.4, 0.5) is 0 Å². The third-order valence-corrected chi connectivity index (χ3v) is 3.11. The molecule has 2 fully saturated rings. The van der Waals surface area contributed by atoms with Crippen molar-refractivity contribution in [2.45, 2.75) is 12.5 Å². The maximum Gasteiger partial charge on any atom is 0.317 e. The zero-order chi connectivity index (χ0) is 10.7. The Balaban J connectivity index is 1.60. The van der Waals surface area contributed by atoms with E-state index < -0.39 is 5.97 Å². The van der Waals surface area contributed by atoms with E-state index in [1.54, 1.807) is 0 Å². The molecule has 15 heavy (non-hydrogen) atoms. The molecule has 0 aromatic rings. The average molecular weight is 213 g/mol. The smallest absolute Gasteiger partial charge is 0.317 e. The van der Waals surface area contributed by atoms with Gasteiger partial charge in [-0.15, -0.1) is 0 Å². The maximum absolute atomic E-state index is 10.5. The molecular formula is C10H19N3O2. The molecule has 2 heterocycles. The van der Waals surface area contributed by atoms with Crippen LogP contribution in [-0.4, -0.2) is 72.7 Å². The van der Waals surface area contributed by atoms with Gasteiger partial charge in [-0.3, -0.25) is 9.69 Å². The number of piperazine rings is 1. The monoisotopic (exact) mass is 213 g/mol. The van der Waals surface area contributed by atoms with Crippen LogP contribution >= 0.6 is 0 Å². The summed E-state index contributed by atoms with van der Waals surface area (Å²) in [5.41, 5.74) is 0.